The highest BCUT2D eigenvalue weighted by atomic mass is 16.2. The molecule has 1 amide bonds. The van der Waals surface area contributed by atoms with Crippen LogP contribution in [-0.4, -0.2) is 22.8 Å². The predicted octanol–water partition coefficient (Wildman–Crippen LogP) is 2.28. The molecule has 0 unspecified atom stereocenters. The van der Waals surface area contributed by atoms with Gasteiger partial charge in [0.25, 0.3) is 5.91 Å². The lowest BCUT2D eigenvalue weighted by molar-refractivity contribution is 0.0751. The third-order valence-corrected chi connectivity index (χ3v) is 3.95. The molecule has 0 atom stereocenters. The van der Waals surface area contributed by atoms with Crippen molar-refractivity contribution in [2.24, 2.45) is 0 Å². The summed E-state index contributed by atoms with van der Waals surface area (Å²) < 4.78 is 0. The summed E-state index contributed by atoms with van der Waals surface area (Å²) in [5.74, 6) is 0.553. The van der Waals surface area contributed by atoms with E-state index in [4.69, 9.17) is 0 Å². The van der Waals surface area contributed by atoms with Crippen molar-refractivity contribution in [3.63, 3.8) is 0 Å². The highest BCUT2D eigenvalue weighted by Gasteiger charge is 2.57. The van der Waals surface area contributed by atoms with Crippen LogP contribution >= 0.6 is 0 Å². The van der Waals surface area contributed by atoms with Gasteiger partial charge in [0, 0.05) is 18.8 Å². The third kappa shape index (κ3) is 1.03. The van der Waals surface area contributed by atoms with E-state index < -0.39 is 0 Å². The molecule has 3 heteroatoms. The zero-order valence-electron chi connectivity index (χ0n) is 9.95. The van der Waals surface area contributed by atoms with E-state index in [1.165, 1.54) is 5.56 Å². The first-order chi connectivity index (χ1) is 7.56. The number of carbonyl (C=O) groups is 1. The molecule has 1 saturated carbocycles. The summed E-state index contributed by atoms with van der Waals surface area (Å²) in [5, 5.41) is 0. The molecule has 3 rings (SSSR count). The van der Waals surface area contributed by atoms with Crippen LogP contribution in [0.15, 0.2) is 12.3 Å². The molecule has 1 spiro atoms. The molecule has 1 fully saturated rings. The number of hydrogen-bond donors (Lipinski definition) is 0. The van der Waals surface area contributed by atoms with Crippen LogP contribution in [0.4, 0.5) is 0 Å². The lowest BCUT2D eigenvalue weighted by Gasteiger charge is -2.19. The van der Waals surface area contributed by atoms with Gasteiger partial charge in [-0.2, -0.15) is 0 Å². The number of amides is 1. The number of rotatable bonds is 1. The number of pyridine rings is 1. The second-order valence-electron chi connectivity index (χ2n) is 5.22. The quantitative estimate of drug-likeness (QED) is 0.721. The normalized spacial score (nSPS) is 20.8. The van der Waals surface area contributed by atoms with E-state index in [0.717, 1.165) is 18.4 Å². The predicted molar refractivity (Wildman–Crippen MR) is 61.3 cm³/mol. The van der Waals surface area contributed by atoms with Crippen molar-refractivity contribution in [2.45, 2.75) is 38.1 Å². The Hall–Kier alpha value is -1.38. The summed E-state index contributed by atoms with van der Waals surface area (Å²) in [7, 11) is 1.89. The number of fused-ring (bicyclic) bond motifs is 2. The van der Waals surface area contributed by atoms with Gasteiger partial charge in [0.2, 0.25) is 0 Å². The van der Waals surface area contributed by atoms with Gasteiger partial charge in [0.15, 0.2) is 0 Å². The first-order valence-electron chi connectivity index (χ1n) is 5.85. The molecule has 0 radical (unpaired) electrons. The Labute approximate surface area is 95.5 Å². The van der Waals surface area contributed by atoms with Gasteiger partial charge in [-0.05, 0) is 30.4 Å². The van der Waals surface area contributed by atoms with Gasteiger partial charge < -0.3 is 4.90 Å². The van der Waals surface area contributed by atoms with Gasteiger partial charge in [-0.15, -0.1) is 0 Å². The van der Waals surface area contributed by atoms with Crippen molar-refractivity contribution in [3.05, 3.63) is 29.1 Å². The molecule has 0 N–H and O–H groups in total. The van der Waals surface area contributed by atoms with E-state index in [0.29, 0.717) is 11.6 Å². The van der Waals surface area contributed by atoms with Crippen molar-refractivity contribution < 1.29 is 4.79 Å². The largest absolute Gasteiger partial charge is 0.331 e. The van der Waals surface area contributed by atoms with Gasteiger partial charge in [-0.3, -0.25) is 9.78 Å². The molecule has 1 aliphatic carbocycles. The van der Waals surface area contributed by atoms with Crippen molar-refractivity contribution in [2.75, 3.05) is 7.05 Å². The Morgan fingerprint density at radius 3 is 2.69 bits per heavy atom. The van der Waals surface area contributed by atoms with Gasteiger partial charge in [-0.1, -0.05) is 13.8 Å². The molecule has 0 aromatic carbocycles. The summed E-state index contributed by atoms with van der Waals surface area (Å²) in [6.45, 7) is 4.31. The Balaban J connectivity index is 2.17. The van der Waals surface area contributed by atoms with Gasteiger partial charge in [0.05, 0.1) is 5.54 Å². The average molecular weight is 216 g/mol. The molecule has 0 saturated heterocycles. The zero-order valence-corrected chi connectivity index (χ0v) is 9.95. The maximum atomic E-state index is 12.0. The Kier molecular flexibility index (Phi) is 1.74. The van der Waals surface area contributed by atoms with E-state index in [1.54, 1.807) is 0 Å². The standard InChI is InChI=1S/C13H16N2O/c1-8(2)9-6-10-11(14-7-9)12(16)15(3)13(10)4-5-13/h6-8H,4-5H2,1-3H3. The minimum absolute atomic E-state index is 0.00428. The van der Waals surface area contributed by atoms with E-state index in [-0.39, 0.29) is 11.4 Å². The van der Waals surface area contributed by atoms with Crippen molar-refractivity contribution in [1.82, 2.24) is 9.88 Å². The number of aromatic nitrogens is 1. The number of carbonyl (C=O) groups excluding carboxylic acids is 1. The highest BCUT2D eigenvalue weighted by Crippen LogP contribution is 2.55. The Bertz CT molecular complexity index is 475. The second kappa shape index (κ2) is 2.84. The van der Waals surface area contributed by atoms with Crippen LogP contribution in [0, 0.1) is 0 Å². The van der Waals surface area contributed by atoms with Gasteiger partial charge in [-0.25, -0.2) is 0 Å². The van der Waals surface area contributed by atoms with E-state index in [2.05, 4.69) is 24.9 Å². The second-order valence-corrected chi connectivity index (χ2v) is 5.22. The van der Waals surface area contributed by atoms with Crippen LogP contribution in [0.2, 0.25) is 0 Å². The van der Waals surface area contributed by atoms with Crippen LogP contribution in [0.25, 0.3) is 0 Å². The molecule has 1 aliphatic heterocycles. The smallest absolute Gasteiger partial charge is 0.273 e. The number of nitrogens with zero attached hydrogens (tertiary/aromatic N) is 2. The van der Waals surface area contributed by atoms with Gasteiger partial charge in [0.1, 0.15) is 5.69 Å². The third-order valence-electron chi connectivity index (χ3n) is 3.95. The minimum atomic E-state index is 0.00428. The van der Waals surface area contributed by atoms with E-state index in [1.807, 2.05) is 18.1 Å². The topological polar surface area (TPSA) is 33.2 Å². The fourth-order valence-corrected chi connectivity index (χ4v) is 2.58. The average Bonchev–Trinajstić information content (AvgIpc) is 3.04. The minimum Gasteiger partial charge on any atom is -0.331 e. The summed E-state index contributed by atoms with van der Waals surface area (Å²) in [6, 6.07) is 2.18. The Morgan fingerprint density at radius 2 is 2.12 bits per heavy atom. The molecule has 1 aromatic heterocycles. The molecule has 2 heterocycles. The molecular weight excluding hydrogens is 200 g/mol. The molecule has 84 valence electrons. The molecule has 3 nitrogen and oxygen atoms in total. The summed E-state index contributed by atoms with van der Waals surface area (Å²) in [5.41, 5.74) is 3.06. The SMILES string of the molecule is CC(C)c1cnc2c(c1)C1(CC1)N(C)C2=O. The first-order valence-corrected chi connectivity index (χ1v) is 5.85. The fourth-order valence-electron chi connectivity index (χ4n) is 2.58. The van der Waals surface area contributed by atoms with Crippen LogP contribution < -0.4 is 0 Å². The Morgan fingerprint density at radius 1 is 1.44 bits per heavy atom. The first kappa shape index (κ1) is 9.82. The van der Waals surface area contributed by atoms with Crippen LogP contribution in [0.5, 0.6) is 0 Å². The molecule has 2 aliphatic rings. The number of hydrogen-bond acceptors (Lipinski definition) is 2. The maximum absolute atomic E-state index is 12.0. The van der Waals surface area contributed by atoms with Crippen LogP contribution in [-0.2, 0) is 5.54 Å². The molecule has 16 heavy (non-hydrogen) atoms. The highest BCUT2D eigenvalue weighted by molar-refractivity contribution is 5.98. The molecule has 0 bridgehead atoms. The van der Waals surface area contributed by atoms with Gasteiger partial charge >= 0.3 is 0 Å². The van der Waals surface area contributed by atoms with Crippen molar-refractivity contribution in [1.29, 1.82) is 0 Å². The fraction of sp³-hybridized carbons (Fsp3) is 0.538. The maximum Gasteiger partial charge on any atom is 0.273 e. The van der Waals surface area contributed by atoms with Crippen LogP contribution in [0.3, 0.4) is 0 Å². The van der Waals surface area contributed by atoms with E-state index in [9.17, 15) is 4.79 Å². The van der Waals surface area contributed by atoms with E-state index >= 15 is 0 Å². The lowest BCUT2D eigenvalue weighted by atomic mass is 9.99. The zero-order chi connectivity index (χ0) is 11.5. The van der Waals surface area contributed by atoms with Crippen molar-refractivity contribution >= 4 is 5.91 Å². The summed E-state index contributed by atoms with van der Waals surface area (Å²) >= 11 is 0. The molecule has 1 aromatic rings. The monoisotopic (exact) mass is 216 g/mol. The summed E-state index contributed by atoms with van der Waals surface area (Å²) in [6.07, 6.45) is 4.02. The van der Waals surface area contributed by atoms with Crippen molar-refractivity contribution in [3.8, 4) is 0 Å². The van der Waals surface area contributed by atoms with Crippen LogP contribution in [0.1, 0.15) is 54.2 Å². The summed E-state index contributed by atoms with van der Waals surface area (Å²) in [4.78, 5) is 18.2. The molecular formula is C13H16N2O. The lowest BCUT2D eigenvalue weighted by Crippen LogP contribution is -2.28.